The molecular formula is C23H27ClN4O3. The Morgan fingerprint density at radius 3 is 2.52 bits per heavy atom. The Hall–Kier alpha value is -2.77. The maximum atomic E-state index is 13.0. The van der Waals surface area contributed by atoms with E-state index in [1.165, 1.54) is 6.20 Å². The van der Waals surface area contributed by atoms with Gasteiger partial charge in [-0.1, -0.05) is 23.7 Å². The summed E-state index contributed by atoms with van der Waals surface area (Å²) in [5.41, 5.74) is 0.464. The van der Waals surface area contributed by atoms with Crippen molar-refractivity contribution in [2.45, 2.75) is 39.2 Å². The molecule has 1 aromatic heterocycles. The predicted octanol–water partition coefficient (Wildman–Crippen LogP) is 4.40. The number of carbonyl (C=O) groups is 2. The molecule has 0 atom stereocenters. The van der Waals surface area contributed by atoms with Gasteiger partial charge in [-0.25, -0.2) is 14.8 Å². The number of piperidine rings is 1. The van der Waals surface area contributed by atoms with E-state index >= 15 is 0 Å². The van der Waals surface area contributed by atoms with Gasteiger partial charge in [0.25, 0.3) is 5.91 Å². The molecule has 7 nitrogen and oxygen atoms in total. The van der Waals surface area contributed by atoms with Gasteiger partial charge in [0.2, 0.25) is 0 Å². The van der Waals surface area contributed by atoms with Gasteiger partial charge < -0.3 is 15.4 Å². The fourth-order valence-electron chi connectivity index (χ4n) is 3.26. The molecule has 8 heteroatoms. The summed E-state index contributed by atoms with van der Waals surface area (Å²) in [7, 11) is 0. The molecule has 0 unspecified atom stereocenters. The highest BCUT2D eigenvalue weighted by Gasteiger charge is 2.29. The average Bonchev–Trinajstić information content (AvgIpc) is 2.73. The van der Waals surface area contributed by atoms with Gasteiger partial charge in [-0.15, -0.1) is 0 Å². The van der Waals surface area contributed by atoms with Gasteiger partial charge in [0.05, 0.1) is 16.3 Å². The van der Waals surface area contributed by atoms with Crippen LogP contribution in [-0.4, -0.2) is 41.3 Å². The zero-order valence-corrected chi connectivity index (χ0v) is 18.7. The average molecular weight is 443 g/mol. The molecule has 1 amide bonds. The molecule has 2 aromatic rings. The van der Waals surface area contributed by atoms with Gasteiger partial charge in [0.1, 0.15) is 17.1 Å². The number of esters is 1. The molecule has 1 fully saturated rings. The monoisotopic (exact) mass is 442 g/mol. The van der Waals surface area contributed by atoms with Crippen molar-refractivity contribution in [1.82, 2.24) is 10.3 Å². The van der Waals surface area contributed by atoms with Crippen LogP contribution < -0.4 is 10.6 Å². The summed E-state index contributed by atoms with van der Waals surface area (Å²) < 4.78 is 5.62. The van der Waals surface area contributed by atoms with Gasteiger partial charge in [-0.3, -0.25) is 4.79 Å². The van der Waals surface area contributed by atoms with Crippen molar-refractivity contribution in [3.05, 3.63) is 53.2 Å². The molecule has 0 bridgehead atoms. The molecule has 0 aliphatic carbocycles. The number of nitrogens with one attached hydrogen (secondary N) is 2. The van der Waals surface area contributed by atoms with Gasteiger partial charge in [-0.2, -0.15) is 0 Å². The first-order valence-electron chi connectivity index (χ1n) is 10.3. The standard InChI is InChI=1S/C23H27ClN4O3/c1-23(2,3)31-22(30)20(15-10-12-25-13-11-15)27-18-7-5-4-6-17(18)21(29)28-19-9-8-16(24)14-26-19/h4-9,14-15,25H,10-13H2,1-3H3,(H,26,28,29). The van der Waals surface area contributed by atoms with Crippen LogP contribution in [0.1, 0.15) is 44.0 Å². The van der Waals surface area contributed by atoms with E-state index in [1.54, 1.807) is 36.4 Å². The third-order valence-corrected chi connectivity index (χ3v) is 4.92. The third kappa shape index (κ3) is 6.60. The minimum absolute atomic E-state index is 0.0369. The van der Waals surface area contributed by atoms with Crippen molar-refractivity contribution in [2.75, 3.05) is 18.4 Å². The van der Waals surface area contributed by atoms with Crippen molar-refractivity contribution < 1.29 is 14.3 Å². The van der Waals surface area contributed by atoms with E-state index in [0.29, 0.717) is 27.8 Å². The number of hydrogen-bond acceptors (Lipinski definition) is 6. The van der Waals surface area contributed by atoms with Crippen molar-refractivity contribution in [1.29, 1.82) is 0 Å². The lowest BCUT2D eigenvalue weighted by atomic mass is 9.92. The Bertz CT molecular complexity index is 962. The second kappa shape index (κ2) is 10.0. The normalized spacial score (nSPS) is 15.4. The Labute approximate surface area is 187 Å². The summed E-state index contributed by atoms with van der Waals surface area (Å²) in [5, 5.41) is 6.51. The summed E-state index contributed by atoms with van der Waals surface area (Å²) in [4.78, 5) is 34.6. The molecule has 0 saturated carbocycles. The van der Waals surface area contributed by atoms with E-state index in [2.05, 4.69) is 20.6 Å². The summed E-state index contributed by atoms with van der Waals surface area (Å²) in [5.74, 6) is -0.485. The highest BCUT2D eigenvalue weighted by molar-refractivity contribution is 6.38. The second-order valence-corrected chi connectivity index (χ2v) is 8.79. The zero-order chi connectivity index (χ0) is 22.4. The Morgan fingerprint density at radius 1 is 1.16 bits per heavy atom. The van der Waals surface area contributed by atoms with Crippen molar-refractivity contribution in [2.24, 2.45) is 10.9 Å². The summed E-state index contributed by atoms with van der Waals surface area (Å²) in [6.45, 7) is 7.08. The molecule has 1 aromatic carbocycles. The predicted molar refractivity (Wildman–Crippen MR) is 122 cm³/mol. The van der Waals surface area contributed by atoms with Crippen LogP contribution >= 0.6 is 11.6 Å². The maximum Gasteiger partial charge on any atom is 0.353 e. The van der Waals surface area contributed by atoms with Crippen LogP contribution in [0.4, 0.5) is 11.5 Å². The molecule has 1 saturated heterocycles. The highest BCUT2D eigenvalue weighted by atomic mass is 35.5. The number of pyridine rings is 1. The van der Waals surface area contributed by atoms with E-state index in [4.69, 9.17) is 16.3 Å². The smallest absolute Gasteiger partial charge is 0.353 e. The van der Waals surface area contributed by atoms with Crippen LogP contribution in [0, 0.1) is 5.92 Å². The third-order valence-electron chi connectivity index (χ3n) is 4.69. The van der Waals surface area contributed by atoms with Crippen LogP contribution in [0.5, 0.6) is 0 Å². The number of amides is 1. The molecule has 3 rings (SSSR count). The number of ether oxygens (including phenoxy) is 1. The van der Waals surface area contributed by atoms with E-state index in [0.717, 1.165) is 25.9 Å². The van der Waals surface area contributed by atoms with Crippen LogP contribution in [0.25, 0.3) is 0 Å². The molecule has 164 valence electrons. The first-order valence-corrected chi connectivity index (χ1v) is 10.7. The van der Waals surface area contributed by atoms with Crippen LogP contribution in [0.2, 0.25) is 5.02 Å². The van der Waals surface area contributed by atoms with Gasteiger partial charge in [-0.05, 0) is 71.0 Å². The number of benzene rings is 1. The largest absolute Gasteiger partial charge is 0.455 e. The molecule has 2 N–H and O–H groups in total. The van der Waals surface area contributed by atoms with E-state index in [9.17, 15) is 9.59 Å². The SMILES string of the molecule is CC(C)(C)OC(=O)C(=Nc1ccccc1C(=O)Nc1ccc(Cl)cn1)C1CCNCC1. The molecular weight excluding hydrogens is 416 g/mol. The number of para-hydroxylation sites is 1. The summed E-state index contributed by atoms with van der Waals surface area (Å²) >= 11 is 5.86. The number of anilines is 1. The first kappa shape index (κ1) is 22.9. The maximum absolute atomic E-state index is 13.0. The second-order valence-electron chi connectivity index (χ2n) is 8.36. The molecule has 0 radical (unpaired) electrons. The van der Waals surface area contributed by atoms with Crippen LogP contribution in [-0.2, 0) is 9.53 Å². The number of aromatic nitrogens is 1. The quantitative estimate of drug-likeness (QED) is 0.528. The van der Waals surface area contributed by atoms with E-state index in [1.807, 2.05) is 20.8 Å². The van der Waals surface area contributed by atoms with Gasteiger partial charge in [0.15, 0.2) is 0 Å². The van der Waals surface area contributed by atoms with Crippen LogP contribution in [0.15, 0.2) is 47.6 Å². The topological polar surface area (TPSA) is 92.7 Å². The Balaban J connectivity index is 1.93. The lowest BCUT2D eigenvalue weighted by Gasteiger charge is -2.26. The molecule has 1 aliphatic rings. The lowest BCUT2D eigenvalue weighted by Crippen LogP contribution is -2.38. The number of halogens is 1. The zero-order valence-electron chi connectivity index (χ0n) is 17.9. The summed E-state index contributed by atoms with van der Waals surface area (Å²) in [6, 6.07) is 10.2. The van der Waals surface area contributed by atoms with Crippen molar-refractivity contribution in [3.8, 4) is 0 Å². The van der Waals surface area contributed by atoms with Crippen molar-refractivity contribution in [3.63, 3.8) is 0 Å². The molecule has 1 aliphatic heterocycles. The van der Waals surface area contributed by atoms with E-state index in [-0.39, 0.29) is 11.8 Å². The Kier molecular flexibility index (Phi) is 7.41. The fraction of sp³-hybridized carbons (Fsp3) is 0.391. The fourth-order valence-corrected chi connectivity index (χ4v) is 3.37. The molecule has 2 heterocycles. The van der Waals surface area contributed by atoms with E-state index < -0.39 is 11.6 Å². The molecule has 0 spiro atoms. The minimum atomic E-state index is -0.637. The summed E-state index contributed by atoms with van der Waals surface area (Å²) in [6.07, 6.45) is 3.02. The highest BCUT2D eigenvalue weighted by Crippen LogP contribution is 2.25. The lowest BCUT2D eigenvalue weighted by molar-refractivity contribution is -0.146. The van der Waals surface area contributed by atoms with Gasteiger partial charge >= 0.3 is 5.97 Å². The van der Waals surface area contributed by atoms with Crippen molar-refractivity contribution >= 4 is 40.7 Å². The van der Waals surface area contributed by atoms with Gasteiger partial charge in [0, 0.05) is 12.1 Å². The van der Waals surface area contributed by atoms with Crippen LogP contribution in [0.3, 0.4) is 0 Å². The Morgan fingerprint density at radius 2 is 1.87 bits per heavy atom. The number of carbonyl (C=O) groups excluding carboxylic acids is 2. The number of aliphatic imine (C=N–C) groups is 1. The first-order chi connectivity index (χ1) is 14.7. The number of rotatable bonds is 5. The molecule has 31 heavy (non-hydrogen) atoms. The minimum Gasteiger partial charge on any atom is -0.455 e. The number of hydrogen-bond donors (Lipinski definition) is 2. The number of nitrogens with zero attached hydrogens (tertiary/aromatic N) is 2.